The van der Waals surface area contributed by atoms with Crippen LogP contribution in [0.5, 0.6) is 0 Å². The Morgan fingerprint density at radius 1 is 0.423 bits per heavy atom. The molecule has 1 N–H and O–H groups in total. The van der Waals surface area contributed by atoms with Crippen molar-refractivity contribution in [2.45, 2.75) is 78.1 Å². The topological polar surface area (TPSA) is 70.8 Å². The zero-order valence-corrected chi connectivity index (χ0v) is 47.3. The number of carboxylic acid groups (broad SMARTS) is 1. The van der Waals surface area contributed by atoms with Crippen LogP contribution in [-0.4, -0.2) is 11.1 Å². The van der Waals surface area contributed by atoms with Gasteiger partial charge in [-0.3, -0.25) is 0 Å². The van der Waals surface area contributed by atoms with Crippen molar-refractivity contribution in [1.29, 1.82) is 5.26 Å². The molecule has 6 nitrogen and oxygen atoms in total. The molecule has 0 bridgehead atoms. The molecule has 10 heteroatoms. The number of benzene rings is 6. The number of anilines is 9. The highest BCUT2D eigenvalue weighted by atomic mass is 32.1. The second-order valence-corrected chi connectivity index (χ2v) is 23.5. The van der Waals surface area contributed by atoms with E-state index in [9.17, 15) is 15.2 Å². The summed E-state index contributed by atoms with van der Waals surface area (Å²) in [6, 6.07) is 75.9. The summed E-state index contributed by atoms with van der Waals surface area (Å²) < 4.78 is 0. The van der Waals surface area contributed by atoms with E-state index in [0.717, 1.165) is 104 Å². The van der Waals surface area contributed by atoms with E-state index in [-0.39, 0.29) is 5.57 Å². The summed E-state index contributed by atoms with van der Waals surface area (Å²) in [7, 11) is 0. The van der Waals surface area contributed by atoms with Gasteiger partial charge in [-0.15, -0.1) is 45.3 Å². The fourth-order valence-electron chi connectivity index (χ4n) is 9.84. The van der Waals surface area contributed by atoms with Crippen LogP contribution in [0.4, 0.5) is 50.5 Å². The lowest BCUT2D eigenvalue weighted by molar-refractivity contribution is -0.132. The molecule has 78 heavy (non-hydrogen) atoms. The normalized spacial score (nSPS) is 11.4. The molecule has 0 aliphatic carbocycles. The number of hydrogen-bond donors (Lipinski definition) is 1. The van der Waals surface area contributed by atoms with Crippen molar-refractivity contribution >= 4 is 108 Å². The molecule has 0 aliphatic heterocycles. The second kappa shape index (κ2) is 26.0. The van der Waals surface area contributed by atoms with Gasteiger partial charge in [0.15, 0.2) is 0 Å². The van der Waals surface area contributed by atoms with Gasteiger partial charge in [0.2, 0.25) is 0 Å². The first-order valence-corrected chi connectivity index (χ1v) is 30.3. The number of carboxylic acids is 1. The minimum absolute atomic E-state index is 0.237. The Morgan fingerprint density at radius 2 is 0.769 bits per heavy atom. The SMILES string of the molecule is CCCCCCc1cc(-c2ccc(-c3ccc(-c4cc(CCCCCC)c(N(c5ccc(N(c6ccccc6)c6ccccc6)cc5)c5ccc(N(c6ccccc6)c6ccccc6)cc5)s4)s3)s2)sc1/C=C(\C#N)C(=O)O. The summed E-state index contributed by atoms with van der Waals surface area (Å²) in [6.07, 6.45) is 12.5. The number of thiophene rings is 4. The molecular weight excluding hydrogens is 1030 g/mol. The first kappa shape index (κ1) is 53.6. The van der Waals surface area contributed by atoms with Crippen LogP contribution >= 0.6 is 45.3 Å². The Kier molecular flexibility index (Phi) is 17.9. The summed E-state index contributed by atoms with van der Waals surface area (Å²) in [5, 5.41) is 20.6. The molecule has 0 saturated heterocycles. The molecule has 0 spiro atoms. The summed E-state index contributed by atoms with van der Waals surface area (Å²) in [6.45, 7) is 4.48. The van der Waals surface area contributed by atoms with E-state index in [0.29, 0.717) is 0 Å². The van der Waals surface area contributed by atoms with Gasteiger partial charge < -0.3 is 19.8 Å². The highest BCUT2D eigenvalue weighted by Crippen LogP contribution is 2.50. The standard InChI is InChI=1S/C68H62N4O2S4/c1-3-5-7-13-23-49-45-65(77-64(49)47-51(48-69)68(73)74)62-43-41-60(75-62)61-42-44-63(76-61)66-46-50(24-14-8-6-4-2)67(78-66)72(58-37-33-56(34-38-58)70(52-25-15-9-16-26-52)53-27-17-10-18-28-53)59-39-35-57(36-40-59)71(54-29-19-11-20-30-54)55-31-21-12-22-32-55/h9-12,15-22,25-47H,3-8,13-14,23-24H2,1-2H3,(H,73,74)/b51-47+. The van der Waals surface area contributed by atoms with Gasteiger partial charge in [0.25, 0.3) is 0 Å². The van der Waals surface area contributed by atoms with Gasteiger partial charge in [-0.25, -0.2) is 4.79 Å². The number of para-hydroxylation sites is 4. The van der Waals surface area contributed by atoms with Crippen LogP contribution in [-0.2, 0) is 17.6 Å². The molecule has 4 aromatic heterocycles. The number of unbranched alkanes of at least 4 members (excludes halogenated alkanes) is 6. The van der Waals surface area contributed by atoms with Gasteiger partial charge >= 0.3 is 5.97 Å². The minimum atomic E-state index is -1.20. The van der Waals surface area contributed by atoms with E-state index >= 15 is 0 Å². The molecule has 0 saturated carbocycles. The van der Waals surface area contributed by atoms with E-state index in [1.165, 1.54) is 55.8 Å². The maximum absolute atomic E-state index is 11.9. The molecule has 0 fully saturated rings. The van der Waals surface area contributed by atoms with Gasteiger partial charge in [-0.1, -0.05) is 125 Å². The lowest BCUT2D eigenvalue weighted by Gasteiger charge is -2.29. The van der Waals surface area contributed by atoms with Gasteiger partial charge in [0, 0.05) is 79.6 Å². The zero-order chi connectivity index (χ0) is 53.6. The Morgan fingerprint density at radius 3 is 1.15 bits per heavy atom. The van der Waals surface area contributed by atoms with Crippen LogP contribution in [0.15, 0.2) is 212 Å². The fourth-order valence-corrected chi connectivity index (χ4v) is 14.5. The highest BCUT2D eigenvalue weighted by Gasteiger charge is 2.24. The Labute approximate surface area is 475 Å². The number of aliphatic carboxylic acids is 1. The van der Waals surface area contributed by atoms with Crippen LogP contribution in [0.3, 0.4) is 0 Å². The third-order valence-corrected chi connectivity index (χ3v) is 18.8. The molecule has 390 valence electrons. The third-order valence-electron chi connectivity index (χ3n) is 13.8. The minimum Gasteiger partial charge on any atom is -0.477 e. The molecule has 0 atom stereocenters. The van der Waals surface area contributed by atoms with Gasteiger partial charge in [-0.2, -0.15) is 5.26 Å². The van der Waals surface area contributed by atoms with Gasteiger partial charge in [0.05, 0.1) is 0 Å². The number of hydrogen-bond acceptors (Lipinski definition) is 9. The number of aryl methyl sites for hydroxylation is 2. The molecule has 4 heterocycles. The predicted molar refractivity (Wildman–Crippen MR) is 335 cm³/mol. The van der Waals surface area contributed by atoms with Gasteiger partial charge in [-0.05, 0) is 176 Å². The molecule has 0 amide bonds. The highest BCUT2D eigenvalue weighted by molar-refractivity contribution is 7.29. The number of carbonyl (C=O) groups is 1. The Balaban J connectivity index is 1.03. The maximum Gasteiger partial charge on any atom is 0.346 e. The second-order valence-electron chi connectivity index (χ2n) is 19.2. The van der Waals surface area contributed by atoms with Crippen LogP contribution in [0, 0.1) is 11.3 Å². The smallest absolute Gasteiger partial charge is 0.346 e. The number of nitrogens with zero attached hydrogens (tertiary/aromatic N) is 4. The molecule has 0 unspecified atom stereocenters. The Bertz CT molecular complexity index is 3390. The molecule has 6 aromatic carbocycles. The van der Waals surface area contributed by atoms with Crippen molar-refractivity contribution in [3.63, 3.8) is 0 Å². The monoisotopic (exact) mass is 1090 g/mol. The van der Waals surface area contributed by atoms with E-state index in [4.69, 9.17) is 0 Å². The first-order valence-electron chi connectivity index (χ1n) is 27.0. The van der Waals surface area contributed by atoms with E-state index < -0.39 is 5.97 Å². The number of rotatable bonds is 24. The summed E-state index contributed by atoms with van der Waals surface area (Å²) in [4.78, 5) is 27.0. The largest absolute Gasteiger partial charge is 0.477 e. The first-order chi connectivity index (χ1) is 38.4. The lowest BCUT2D eigenvalue weighted by Crippen LogP contribution is -2.13. The summed E-state index contributed by atoms with van der Waals surface area (Å²) >= 11 is 7.03. The third kappa shape index (κ3) is 12.6. The van der Waals surface area contributed by atoms with Crippen LogP contribution in [0.2, 0.25) is 0 Å². The van der Waals surface area contributed by atoms with Crippen LogP contribution < -0.4 is 14.7 Å². The van der Waals surface area contributed by atoms with Crippen molar-refractivity contribution in [1.82, 2.24) is 0 Å². The number of nitriles is 1. The average Bonchev–Trinajstić information content (AvgIpc) is 4.33. The molecule has 0 radical (unpaired) electrons. The zero-order valence-electron chi connectivity index (χ0n) is 44.1. The van der Waals surface area contributed by atoms with Crippen molar-refractivity contribution in [3.8, 4) is 35.3 Å². The van der Waals surface area contributed by atoms with Crippen molar-refractivity contribution in [2.24, 2.45) is 0 Å². The Hall–Kier alpha value is -7.78. The van der Waals surface area contributed by atoms with Gasteiger partial charge in [0.1, 0.15) is 16.6 Å². The van der Waals surface area contributed by atoms with Crippen LogP contribution in [0.25, 0.3) is 35.3 Å². The quantitative estimate of drug-likeness (QED) is 0.0369. The van der Waals surface area contributed by atoms with Crippen molar-refractivity contribution in [2.75, 3.05) is 14.7 Å². The van der Waals surface area contributed by atoms with Crippen LogP contribution in [0.1, 0.15) is 81.2 Å². The van der Waals surface area contributed by atoms with E-state index in [1.54, 1.807) is 28.7 Å². The molecular formula is C68H62N4O2S4. The summed E-state index contributed by atoms with van der Waals surface area (Å²) in [5.41, 5.74) is 10.9. The molecule has 10 aromatic rings. The predicted octanol–water partition coefficient (Wildman–Crippen LogP) is 21.6. The van der Waals surface area contributed by atoms with Crippen molar-refractivity contribution in [3.05, 3.63) is 228 Å². The summed E-state index contributed by atoms with van der Waals surface area (Å²) in [5.74, 6) is -1.20. The van der Waals surface area contributed by atoms with Crippen molar-refractivity contribution < 1.29 is 9.90 Å². The maximum atomic E-state index is 11.9. The van der Waals surface area contributed by atoms with E-state index in [2.05, 4.69) is 235 Å². The van der Waals surface area contributed by atoms with E-state index in [1.807, 2.05) is 28.7 Å². The molecule has 10 rings (SSSR count). The molecule has 0 aliphatic rings. The average molecular weight is 1100 g/mol. The lowest BCUT2D eigenvalue weighted by atomic mass is 10.1. The fraction of sp³-hybridized carbons (Fsp3) is 0.176.